The van der Waals surface area contributed by atoms with Gasteiger partial charge in [-0.1, -0.05) is 17.7 Å². The molecule has 2 aromatic carbocycles. The second-order valence-corrected chi connectivity index (χ2v) is 8.62. The monoisotopic (exact) mass is 452 g/mol. The fourth-order valence-corrected chi connectivity index (χ4v) is 5.02. The lowest BCUT2D eigenvalue weighted by Crippen LogP contribution is -2.52. The summed E-state index contributed by atoms with van der Waals surface area (Å²) in [5.74, 6) is -0.982. The Bertz CT molecular complexity index is 1150. The maximum Gasteiger partial charge on any atom is 0.250 e. The van der Waals surface area contributed by atoms with Gasteiger partial charge in [-0.25, -0.2) is 0 Å². The van der Waals surface area contributed by atoms with Crippen molar-refractivity contribution in [2.75, 3.05) is 24.9 Å². The second kappa shape index (κ2) is 8.40. The maximum absolute atomic E-state index is 13.7. The molecule has 0 aromatic heterocycles. The molecule has 0 saturated carbocycles. The summed E-state index contributed by atoms with van der Waals surface area (Å²) in [6.07, 6.45) is 0.280. The van der Waals surface area contributed by atoms with Crippen LogP contribution in [-0.4, -0.2) is 38.0 Å². The van der Waals surface area contributed by atoms with Crippen molar-refractivity contribution in [3.8, 4) is 11.5 Å². The molecule has 1 saturated heterocycles. The van der Waals surface area contributed by atoms with Crippen LogP contribution >= 0.6 is 0 Å². The van der Waals surface area contributed by atoms with E-state index in [0.29, 0.717) is 28.4 Å². The fourth-order valence-electron chi connectivity index (χ4n) is 5.02. The molecule has 0 bridgehead atoms. The average molecular weight is 453 g/mol. The SMILES string of the molecule is COc1ccc(OC)c(NC(=O)[C@@H]2C[C@H](CC(N)=O)N[C@]23C(=O)Nc2c(C)cc(C)cc23)c1. The first-order valence-corrected chi connectivity index (χ1v) is 10.7. The number of hydrogen-bond acceptors (Lipinski definition) is 6. The minimum Gasteiger partial charge on any atom is -0.497 e. The van der Waals surface area contributed by atoms with Crippen molar-refractivity contribution in [2.24, 2.45) is 11.7 Å². The Morgan fingerprint density at radius 1 is 1.18 bits per heavy atom. The highest BCUT2D eigenvalue weighted by atomic mass is 16.5. The molecule has 0 radical (unpaired) electrons. The molecular weight excluding hydrogens is 424 g/mol. The molecule has 9 nitrogen and oxygen atoms in total. The van der Waals surface area contributed by atoms with Crippen LogP contribution < -0.4 is 31.2 Å². The third-order valence-electron chi connectivity index (χ3n) is 6.40. The number of carbonyl (C=O) groups is 3. The lowest BCUT2D eigenvalue weighted by atomic mass is 9.78. The predicted octanol–water partition coefficient (Wildman–Crippen LogP) is 1.96. The normalized spacial score (nSPS) is 23.2. The minimum atomic E-state index is -1.32. The summed E-state index contributed by atoms with van der Waals surface area (Å²) in [7, 11) is 3.04. The van der Waals surface area contributed by atoms with E-state index in [4.69, 9.17) is 15.2 Å². The summed E-state index contributed by atoms with van der Waals surface area (Å²) in [6.45, 7) is 3.85. The number of aryl methyl sites for hydroxylation is 2. The molecule has 174 valence electrons. The number of carbonyl (C=O) groups excluding carboxylic acids is 3. The zero-order valence-corrected chi connectivity index (χ0v) is 19.1. The molecule has 2 heterocycles. The highest BCUT2D eigenvalue weighted by Gasteiger charge is 2.60. The van der Waals surface area contributed by atoms with E-state index in [1.54, 1.807) is 18.2 Å². The molecule has 1 fully saturated rings. The van der Waals surface area contributed by atoms with Crippen molar-refractivity contribution in [1.29, 1.82) is 0 Å². The summed E-state index contributed by atoms with van der Waals surface area (Å²) >= 11 is 0. The molecule has 2 aliphatic rings. The number of hydrogen-bond donors (Lipinski definition) is 4. The predicted molar refractivity (Wildman–Crippen MR) is 123 cm³/mol. The summed E-state index contributed by atoms with van der Waals surface area (Å²) < 4.78 is 10.7. The number of fused-ring (bicyclic) bond motifs is 2. The number of ether oxygens (including phenoxy) is 2. The van der Waals surface area contributed by atoms with Crippen LogP contribution in [0.3, 0.4) is 0 Å². The summed E-state index contributed by atoms with van der Waals surface area (Å²) in [5.41, 5.74) is 7.82. The lowest BCUT2D eigenvalue weighted by molar-refractivity contribution is -0.130. The van der Waals surface area contributed by atoms with Gasteiger partial charge in [0.2, 0.25) is 17.7 Å². The molecule has 1 spiro atoms. The van der Waals surface area contributed by atoms with Gasteiger partial charge in [0.15, 0.2) is 0 Å². The molecule has 3 amide bonds. The van der Waals surface area contributed by atoms with Gasteiger partial charge in [0, 0.05) is 29.8 Å². The Morgan fingerprint density at radius 2 is 1.94 bits per heavy atom. The lowest BCUT2D eigenvalue weighted by Gasteiger charge is -2.29. The van der Waals surface area contributed by atoms with Gasteiger partial charge >= 0.3 is 0 Å². The zero-order valence-electron chi connectivity index (χ0n) is 19.1. The fraction of sp³-hybridized carbons (Fsp3) is 0.375. The van der Waals surface area contributed by atoms with E-state index in [1.165, 1.54) is 14.2 Å². The standard InChI is InChI=1S/C24H28N4O5/c1-12-7-13(2)21-16(8-12)24(23(31)27-21)17(9-14(28-24)10-20(25)29)22(30)26-18-11-15(32-3)5-6-19(18)33-4/h5-8,11,14,17,28H,9-10H2,1-4H3,(H2,25,29)(H,26,30)(H,27,31)/t14-,17+,24+/m1/s1. The first-order chi connectivity index (χ1) is 15.7. The topological polar surface area (TPSA) is 132 Å². The van der Waals surface area contributed by atoms with Crippen molar-refractivity contribution in [3.63, 3.8) is 0 Å². The Kier molecular flexibility index (Phi) is 5.75. The molecule has 9 heteroatoms. The Balaban J connectivity index is 1.77. The number of primary amides is 1. The molecule has 5 N–H and O–H groups in total. The van der Waals surface area contributed by atoms with E-state index in [-0.39, 0.29) is 24.7 Å². The van der Waals surface area contributed by atoms with Crippen LogP contribution in [0.1, 0.15) is 29.5 Å². The van der Waals surface area contributed by atoms with Gasteiger partial charge in [-0.05, 0) is 38.0 Å². The van der Waals surface area contributed by atoms with E-state index in [0.717, 1.165) is 11.1 Å². The van der Waals surface area contributed by atoms with Crippen LogP contribution in [0.4, 0.5) is 11.4 Å². The van der Waals surface area contributed by atoms with Crippen molar-refractivity contribution in [1.82, 2.24) is 5.32 Å². The number of benzene rings is 2. The first-order valence-electron chi connectivity index (χ1n) is 10.7. The molecule has 2 aliphatic heterocycles. The van der Waals surface area contributed by atoms with Crippen LogP contribution in [0.25, 0.3) is 0 Å². The van der Waals surface area contributed by atoms with Gasteiger partial charge in [0.25, 0.3) is 0 Å². The van der Waals surface area contributed by atoms with Gasteiger partial charge in [0.05, 0.1) is 25.8 Å². The molecule has 2 aromatic rings. The van der Waals surface area contributed by atoms with Crippen LogP contribution in [0, 0.1) is 19.8 Å². The van der Waals surface area contributed by atoms with Crippen molar-refractivity contribution < 1.29 is 23.9 Å². The maximum atomic E-state index is 13.7. The smallest absolute Gasteiger partial charge is 0.250 e. The first kappa shape index (κ1) is 22.6. The number of nitrogens with two attached hydrogens (primary N) is 1. The van der Waals surface area contributed by atoms with Crippen LogP contribution in [-0.2, 0) is 19.9 Å². The molecular formula is C24H28N4O5. The highest BCUT2D eigenvalue weighted by Crippen LogP contribution is 2.49. The van der Waals surface area contributed by atoms with Gasteiger partial charge in [-0.3, -0.25) is 19.7 Å². The van der Waals surface area contributed by atoms with Gasteiger partial charge in [-0.2, -0.15) is 0 Å². The average Bonchev–Trinajstić information content (AvgIpc) is 3.27. The molecule has 3 atom stereocenters. The van der Waals surface area contributed by atoms with Gasteiger partial charge < -0.3 is 25.8 Å². The molecule has 0 unspecified atom stereocenters. The summed E-state index contributed by atoms with van der Waals surface area (Å²) in [6, 6.07) is 8.53. The third-order valence-corrected chi connectivity index (χ3v) is 6.40. The summed E-state index contributed by atoms with van der Waals surface area (Å²) in [4.78, 5) is 38.7. The number of amides is 3. The van der Waals surface area contributed by atoms with Crippen LogP contribution in [0.2, 0.25) is 0 Å². The van der Waals surface area contributed by atoms with Gasteiger partial charge in [-0.15, -0.1) is 0 Å². The number of nitrogens with one attached hydrogen (secondary N) is 3. The molecule has 33 heavy (non-hydrogen) atoms. The Hall–Kier alpha value is -3.59. The van der Waals surface area contributed by atoms with E-state index in [1.807, 2.05) is 26.0 Å². The van der Waals surface area contributed by atoms with E-state index >= 15 is 0 Å². The van der Waals surface area contributed by atoms with Crippen LogP contribution in [0.5, 0.6) is 11.5 Å². The largest absolute Gasteiger partial charge is 0.497 e. The van der Waals surface area contributed by atoms with Crippen molar-refractivity contribution in [2.45, 2.75) is 38.3 Å². The highest BCUT2D eigenvalue weighted by molar-refractivity contribution is 6.11. The molecule has 4 rings (SSSR count). The third kappa shape index (κ3) is 3.78. The number of anilines is 2. The van der Waals surface area contributed by atoms with E-state index < -0.39 is 23.4 Å². The van der Waals surface area contributed by atoms with E-state index in [2.05, 4.69) is 16.0 Å². The van der Waals surface area contributed by atoms with E-state index in [9.17, 15) is 14.4 Å². The zero-order chi connectivity index (χ0) is 23.9. The number of methoxy groups -OCH3 is 2. The van der Waals surface area contributed by atoms with Gasteiger partial charge in [0.1, 0.15) is 17.0 Å². The quantitative estimate of drug-likeness (QED) is 0.530. The van der Waals surface area contributed by atoms with Crippen LogP contribution in [0.15, 0.2) is 30.3 Å². The van der Waals surface area contributed by atoms with Crippen molar-refractivity contribution >= 4 is 29.1 Å². The molecule has 0 aliphatic carbocycles. The van der Waals surface area contributed by atoms with Crippen molar-refractivity contribution in [3.05, 3.63) is 47.0 Å². The Labute approximate surface area is 192 Å². The Morgan fingerprint density at radius 3 is 2.61 bits per heavy atom. The second-order valence-electron chi connectivity index (χ2n) is 8.62. The minimum absolute atomic E-state index is 0.0153. The number of rotatable bonds is 6. The summed E-state index contributed by atoms with van der Waals surface area (Å²) in [5, 5.41) is 9.15.